The molecule has 1 aromatic heterocycles. The summed E-state index contributed by atoms with van der Waals surface area (Å²) in [6, 6.07) is 6.43. The van der Waals surface area contributed by atoms with Gasteiger partial charge in [-0.2, -0.15) is 0 Å². The molecule has 0 aliphatic carbocycles. The van der Waals surface area contributed by atoms with Crippen molar-refractivity contribution >= 4 is 40.4 Å². The van der Waals surface area contributed by atoms with Crippen molar-refractivity contribution in [3.05, 3.63) is 36.0 Å². The SMILES string of the molecule is CC(CC(=O)O)NC(=O)C1CSCN1C(=O)c1c[nH]c2ccccc12. The van der Waals surface area contributed by atoms with Gasteiger partial charge >= 0.3 is 5.97 Å². The van der Waals surface area contributed by atoms with E-state index in [9.17, 15) is 14.4 Å². The highest BCUT2D eigenvalue weighted by atomic mass is 32.2. The number of thioether (sulfide) groups is 1. The maximum Gasteiger partial charge on any atom is 0.305 e. The quantitative estimate of drug-likeness (QED) is 0.752. The number of rotatable bonds is 5. The number of amides is 2. The molecule has 3 rings (SSSR count). The van der Waals surface area contributed by atoms with Crippen molar-refractivity contribution in [3.8, 4) is 0 Å². The molecule has 25 heavy (non-hydrogen) atoms. The van der Waals surface area contributed by atoms with E-state index in [0.717, 1.165) is 10.9 Å². The van der Waals surface area contributed by atoms with Gasteiger partial charge in [-0.25, -0.2) is 0 Å². The van der Waals surface area contributed by atoms with Crippen LogP contribution in [-0.4, -0.2) is 56.5 Å². The van der Waals surface area contributed by atoms with Crippen molar-refractivity contribution < 1.29 is 19.5 Å². The first-order chi connectivity index (χ1) is 12.0. The fraction of sp³-hybridized carbons (Fsp3) is 0.353. The average Bonchev–Trinajstić information content (AvgIpc) is 3.20. The second-order valence-corrected chi connectivity index (χ2v) is 7.05. The molecule has 0 bridgehead atoms. The highest BCUT2D eigenvalue weighted by Crippen LogP contribution is 2.26. The lowest BCUT2D eigenvalue weighted by molar-refractivity contribution is -0.137. The van der Waals surface area contributed by atoms with Gasteiger partial charge in [0.1, 0.15) is 6.04 Å². The molecule has 0 saturated carbocycles. The van der Waals surface area contributed by atoms with Crippen LogP contribution in [0.3, 0.4) is 0 Å². The summed E-state index contributed by atoms with van der Waals surface area (Å²) >= 11 is 1.51. The minimum Gasteiger partial charge on any atom is -0.481 e. The molecule has 3 N–H and O–H groups in total. The minimum atomic E-state index is -0.972. The molecule has 7 nitrogen and oxygen atoms in total. The summed E-state index contributed by atoms with van der Waals surface area (Å²) in [6.07, 6.45) is 1.51. The Morgan fingerprint density at radius 3 is 2.92 bits per heavy atom. The van der Waals surface area contributed by atoms with Crippen LogP contribution < -0.4 is 5.32 Å². The van der Waals surface area contributed by atoms with Gasteiger partial charge in [-0.05, 0) is 13.0 Å². The second-order valence-electron chi connectivity index (χ2n) is 6.05. The van der Waals surface area contributed by atoms with Crippen LogP contribution in [0.4, 0.5) is 0 Å². The summed E-state index contributed by atoms with van der Waals surface area (Å²) in [5.74, 6) is -0.551. The number of aromatic nitrogens is 1. The summed E-state index contributed by atoms with van der Waals surface area (Å²) in [5, 5.41) is 12.3. The molecule has 0 radical (unpaired) electrons. The van der Waals surface area contributed by atoms with Gasteiger partial charge in [0.2, 0.25) is 5.91 Å². The summed E-state index contributed by atoms with van der Waals surface area (Å²) in [5.41, 5.74) is 1.41. The molecule has 2 amide bonds. The highest BCUT2D eigenvalue weighted by molar-refractivity contribution is 7.99. The molecule has 132 valence electrons. The number of H-pyrrole nitrogens is 1. The number of carbonyl (C=O) groups is 3. The molecule has 1 fully saturated rings. The maximum absolute atomic E-state index is 12.9. The standard InChI is InChI=1S/C17H19N3O4S/c1-10(6-15(21)22)19-16(23)14-8-25-9-20(14)17(24)12-7-18-13-5-3-2-4-11(12)13/h2-5,7,10,14,18H,6,8-9H2,1H3,(H,19,23)(H,21,22). The Morgan fingerprint density at radius 2 is 2.16 bits per heavy atom. The Labute approximate surface area is 148 Å². The zero-order valence-electron chi connectivity index (χ0n) is 13.7. The van der Waals surface area contributed by atoms with Crippen LogP contribution >= 0.6 is 11.8 Å². The molecule has 1 saturated heterocycles. The monoisotopic (exact) mass is 361 g/mol. The van der Waals surface area contributed by atoms with Gasteiger partial charge in [-0.1, -0.05) is 18.2 Å². The number of carboxylic acids is 1. The Hall–Kier alpha value is -2.48. The van der Waals surface area contributed by atoms with Crippen molar-refractivity contribution in [1.29, 1.82) is 0 Å². The summed E-state index contributed by atoms with van der Waals surface area (Å²) in [4.78, 5) is 40.7. The number of benzene rings is 1. The lowest BCUT2D eigenvalue weighted by atomic mass is 10.1. The molecule has 1 aromatic carbocycles. The van der Waals surface area contributed by atoms with Gasteiger partial charge in [0.25, 0.3) is 5.91 Å². The van der Waals surface area contributed by atoms with Crippen molar-refractivity contribution in [1.82, 2.24) is 15.2 Å². The molecule has 2 atom stereocenters. The predicted molar refractivity (Wildman–Crippen MR) is 95.4 cm³/mol. The third kappa shape index (κ3) is 3.63. The van der Waals surface area contributed by atoms with Gasteiger partial charge in [-0.15, -0.1) is 11.8 Å². The fourth-order valence-corrected chi connectivity index (χ4v) is 4.07. The summed E-state index contributed by atoms with van der Waals surface area (Å²) in [7, 11) is 0. The molecule has 2 heterocycles. The number of carboxylic acid groups (broad SMARTS) is 1. The largest absolute Gasteiger partial charge is 0.481 e. The van der Waals surface area contributed by atoms with E-state index >= 15 is 0 Å². The lowest BCUT2D eigenvalue weighted by Crippen LogP contribution is -2.49. The second kappa shape index (κ2) is 7.18. The van der Waals surface area contributed by atoms with Crippen LogP contribution in [0.25, 0.3) is 10.9 Å². The van der Waals surface area contributed by atoms with Gasteiger partial charge < -0.3 is 20.3 Å². The zero-order chi connectivity index (χ0) is 18.0. The molecule has 2 aromatic rings. The van der Waals surface area contributed by atoms with E-state index in [4.69, 9.17) is 5.11 Å². The third-order valence-electron chi connectivity index (χ3n) is 4.13. The number of hydrogen-bond donors (Lipinski definition) is 3. The van der Waals surface area contributed by atoms with Crippen LogP contribution in [0.1, 0.15) is 23.7 Å². The van der Waals surface area contributed by atoms with Crippen LogP contribution in [-0.2, 0) is 9.59 Å². The molecule has 8 heteroatoms. The van der Waals surface area contributed by atoms with E-state index in [0.29, 0.717) is 17.2 Å². The van der Waals surface area contributed by atoms with Crippen LogP contribution in [0.15, 0.2) is 30.5 Å². The molecule has 0 spiro atoms. The third-order valence-corrected chi connectivity index (χ3v) is 5.15. The first-order valence-corrected chi connectivity index (χ1v) is 9.10. The van der Waals surface area contributed by atoms with E-state index in [1.807, 2.05) is 24.3 Å². The van der Waals surface area contributed by atoms with E-state index in [1.54, 1.807) is 18.0 Å². The van der Waals surface area contributed by atoms with E-state index in [2.05, 4.69) is 10.3 Å². The topological polar surface area (TPSA) is 102 Å². The summed E-state index contributed by atoms with van der Waals surface area (Å²) < 4.78 is 0. The Morgan fingerprint density at radius 1 is 1.40 bits per heavy atom. The van der Waals surface area contributed by atoms with Crippen molar-refractivity contribution in [2.75, 3.05) is 11.6 Å². The molecular weight excluding hydrogens is 342 g/mol. The van der Waals surface area contributed by atoms with Crippen molar-refractivity contribution in [2.45, 2.75) is 25.4 Å². The molecule has 1 aliphatic heterocycles. The number of aromatic amines is 1. The van der Waals surface area contributed by atoms with Crippen LogP contribution in [0.2, 0.25) is 0 Å². The number of fused-ring (bicyclic) bond motifs is 1. The highest BCUT2D eigenvalue weighted by Gasteiger charge is 2.36. The Bertz CT molecular complexity index is 819. The first-order valence-electron chi connectivity index (χ1n) is 7.94. The fourth-order valence-electron chi connectivity index (χ4n) is 2.92. The molecule has 1 aliphatic rings. The number of aliphatic carboxylic acids is 1. The number of para-hydroxylation sites is 1. The molecule has 2 unspecified atom stereocenters. The number of nitrogens with zero attached hydrogens (tertiary/aromatic N) is 1. The van der Waals surface area contributed by atoms with Crippen LogP contribution in [0, 0.1) is 0 Å². The number of nitrogens with one attached hydrogen (secondary N) is 2. The van der Waals surface area contributed by atoms with Gasteiger partial charge in [0.05, 0.1) is 17.9 Å². The predicted octanol–water partition coefficient (Wildman–Crippen LogP) is 1.66. The Kier molecular flexibility index (Phi) is 4.98. The van der Waals surface area contributed by atoms with Gasteiger partial charge in [0.15, 0.2) is 0 Å². The Balaban J connectivity index is 1.76. The summed E-state index contributed by atoms with van der Waals surface area (Å²) in [6.45, 7) is 1.64. The average molecular weight is 361 g/mol. The van der Waals surface area contributed by atoms with Gasteiger partial charge in [-0.3, -0.25) is 14.4 Å². The number of hydrogen-bond acceptors (Lipinski definition) is 4. The van der Waals surface area contributed by atoms with Gasteiger partial charge in [0, 0.05) is 28.9 Å². The first kappa shape index (κ1) is 17.3. The van der Waals surface area contributed by atoms with Crippen molar-refractivity contribution in [2.24, 2.45) is 0 Å². The van der Waals surface area contributed by atoms with E-state index in [1.165, 1.54) is 11.8 Å². The van der Waals surface area contributed by atoms with E-state index in [-0.39, 0.29) is 18.2 Å². The zero-order valence-corrected chi connectivity index (χ0v) is 14.5. The normalized spacial score (nSPS) is 18.3. The smallest absolute Gasteiger partial charge is 0.305 e. The molecular formula is C17H19N3O4S. The number of carbonyl (C=O) groups excluding carboxylic acids is 2. The van der Waals surface area contributed by atoms with E-state index < -0.39 is 18.1 Å². The van der Waals surface area contributed by atoms with Crippen molar-refractivity contribution in [3.63, 3.8) is 0 Å². The maximum atomic E-state index is 12.9. The van der Waals surface area contributed by atoms with Crippen LogP contribution in [0.5, 0.6) is 0 Å². The lowest BCUT2D eigenvalue weighted by Gasteiger charge is -2.24. The minimum absolute atomic E-state index is 0.151.